The van der Waals surface area contributed by atoms with E-state index in [9.17, 15) is 4.79 Å². The maximum Gasteiger partial charge on any atom is 0.323 e. The second-order valence-corrected chi connectivity index (χ2v) is 7.20. The molecule has 5 rings (SSSR count). The van der Waals surface area contributed by atoms with Crippen LogP contribution in [0.1, 0.15) is 29.0 Å². The van der Waals surface area contributed by atoms with Gasteiger partial charge in [-0.25, -0.2) is 4.79 Å². The Labute approximate surface area is 146 Å². The fourth-order valence-corrected chi connectivity index (χ4v) is 4.30. The first-order chi connectivity index (χ1) is 12.3. The Morgan fingerprint density at radius 2 is 1.96 bits per heavy atom. The molecule has 1 unspecified atom stereocenters. The lowest BCUT2D eigenvalue weighted by molar-refractivity contribution is 0.377. The van der Waals surface area contributed by atoms with Gasteiger partial charge in [0.15, 0.2) is 0 Å². The van der Waals surface area contributed by atoms with Gasteiger partial charge >= 0.3 is 5.69 Å². The zero-order chi connectivity index (χ0) is 16.8. The topological polar surface area (TPSA) is 51.9 Å². The van der Waals surface area contributed by atoms with Gasteiger partial charge in [0.05, 0.1) is 11.0 Å². The molecule has 4 heteroatoms. The molecule has 0 amide bonds. The summed E-state index contributed by atoms with van der Waals surface area (Å²) in [6.45, 7) is 3.25. The Bertz CT molecular complexity index is 1030. The summed E-state index contributed by atoms with van der Waals surface area (Å²) in [7, 11) is 0. The second-order valence-electron chi connectivity index (χ2n) is 7.20. The van der Waals surface area contributed by atoms with Gasteiger partial charge in [-0.3, -0.25) is 4.90 Å². The Balaban J connectivity index is 1.32. The number of nitrogens with one attached hydrogen (secondary N) is 2. The van der Waals surface area contributed by atoms with Crippen LogP contribution in [0.2, 0.25) is 0 Å². The number of benzene rings is 2. The first-order valence-electron chi connectivity index (χ1n) is 8.98. The number of allylic oxidation sites excluding steroid dienone is 1. The number of nitrogens with zero attached hydrogens (tertiary/aromatic N) is 1. The van der Waals surface area contributed by atoms with Crippen molar-refractivity contribution in [3.8, 4) is 0 Å². The number of rotatable bonds is 3. The van der Waals surface area contributed by atoms with Crippen molar-refractivity contribution in [1.29, 1.82) is 0 Å². The monoisotopic (exact) mass is 331 g/mol. The number of likely N-dealkylation sites (tertiary alicyclic amines) is 1. The minimum absolute atomic E-state index is 0.132. The molecule has 1 aliphatic heterocycles. The standard InChI is InChI=1S/C21H21N3O/c25-21-22-19-8-7-15(11-20(19)23-21)16-9-10-24(12-16)13-17-6-5-14-3-1-2-4-18(14)17/h1-4,6-8,11,16H,5,9-10,12-13H2,(H2,22,23,25). The summed E-state index contributed by atoms with van der Waals surface area (Å²) in [5.41, 5.74) is 7.34. The smallest absolute Gasteiger partial charge is 0.306 e. The Morgan fingerprint density at radius 3 is 2.92 bits per heavy atom. The third-order valence-corrected chi connectivity index (χ3v) is 5.61. The molecule has 1 atom stereocenters. The number of aromatic nitrogens is 2. The van der Waals surface area contributed by atoms with Gasteiger partial charge < -0.3 is 9.97 Å². The van der Waals surface area contributed by atoms with Crippen LogP contribution in [0.4, 0.5) is 0 Å². The number of aromatic amines is 2. The maximum atomic E-state index is 11.4. The van der Waals surface area contributed by atoms with Gasteiger partial charge in [0.25, 0.3) is 0 Å². The second kappa shape index (κ2) is 5.74. The molecule has 126 valence electrons. The van der Waals surface area contributed by atoms with E-state index in [1.54, 1.807) is 0 Å². The molecule has 0 spiro atoms. The zero-order valence-corrected chi connectivity index (χ0v) is 14.1. The van der Waals surface area contributed by atoms with Gasteiger partial charge in [-0.1, -0.05) is 36.4 Å². The summed E-state index contributed by atoms with van der Waals surface area (Å²) in [4.78, 5) is 19.7. The molecule has 2 heterocycles. The van der Waals surface area contributed by atoms with E-state index in [2.05, 4.69) is 57.3 Å². The molecule has 0 saturated carbocycles. The van der Waals surface area contributed by atoms with Crippen molar-refractivity contribution in [3.63, 3.8) is 0 Å². The van der Waals surface area contributed by atoms with Gasteiger partial charge in [-0.15, -0.1) is 0 Å². The normalized spacial score (nSPS) is 20.2. The molecular formula is C21H21N3O. The summed E-state index contributed by atoms with van der Waals surface area (Å²) in [6.07, 6.45) is 4.63. The molecule has 4 nitrogen and oxygen atoms in total. The van der Waals surface area contributed by atoms with Gasteiger partial charge in [0.2, 0.25) is 0 Å². The third kappa shape index (κ3) is 2.63. The minimum atomic E-state index is -0.132. The highest BCUT2D eigenvalue weighted by atomic mass is 16.1. The summed E-state index contributed by atoms with van der Waals surface area (Å²) >= 11 is 0. The molecule has 0 radical (unpaired) electrons. The Kier molecular flexibility index (Phi) is 3.38. The summed E-state index contributed by atoms with van der Waals surface area (Å²) in [6, 6.07) is 15.0. The highest BCUT2D eigenvalue weighted by Crippen LogP contribution is 2.32. The third-order valence-electron chi connectivity index (χ3n) is 5.61. The largest absolute Gasteiger partial charge is 0.323 e. The van der Waals surface area contributed by atoms with Crippen molar-refractivity contribution in [1.82, 2.24) is 14.9 Å². The van der Waals surface area contributed by atoms with Crippen LogP contribution >= 0.6 is 0 Å². The van der Waals surface area contributed by atoms with E-state index in [0.717, 1.165) is 37.1 Å². The Hall–Kier alpha value is -2.59. The van der Waals surface area contributed by atoms with Crippen LogP contribution in [0.3, 0.4) is 0 Å². The van der Waals surface area contributed by atoms with Crippen molar-refractivity contribution in [3.05, 3.63) is 75.7 Å². The fourth-order valence-electron chi connectivity index (χ4n) is 4.30. The molecule has 0 bridgehead atoms. The van der Waals surface area contributed by atoms with Crippen LogP contribution in [0, 0.1) is 0 Å². The molecule has 25 heavy (non-hydrogen) atoms. The van der Waals surface area contributed by atoms with Crippen LogP contribution in [0.15, 0.2) is 53.3 Å². The molecular weight excluding hydrogens is 310 g/mol. The van der Waals surface area contributed by atoms with E-state index in [4.69, 9.17) is 0 Å². The number of fused-ring (bicyclic) bond motifs is 2. The van der Waals surface area contributed by atoms with E-state index in [-0.39, 0.29) is 5.69 Å². The summed E-state index contributed by atoms with van der Waals surface area (Å²) in [5.74, 6) is 0.542. The fraction of sp³-hybridized carbons (Fsp3) is 0.286. The molecule has 2 aromatic carbocycles. The van der Waals surface area contributed by atoms with E-state index < -0.39 is 0 Å². The molecule has 1 aromatic heterocycles. The minimum Gasteiger partial charge on any atom is -0.306 e. The molecule has 1 aliphatic carbocycles. The quantitative estimate of drug-likeness (QED) is 0.774. The number of H-pyrrole nitrogens is 2. The molecule has 2 N–H and O–H groups in total. The molecule has 1 saturated heterocycles. The van der Waals surface area contributed by atoms with E-state index >= 15 is 0 Å². The van der Waals surface area contributed by atoms with Crippen LogP contribution in [0.5, 0.6) is 0 Å². The van der Waals surface area contributed by atoms with Crippen molar-refractivity contribution in [2.75, 3.05) is 19.6 Å². The molecule has 3 aromatic rings. The lowest BCUT2D eigenvalue weighted by Gasteiger charge is -2.18. The van der Waals surface area contributed by atoms with E-state index in [0.29, 0.717) is 5.92 Å². The SMILES string of the molecule is O=c1[nH]c2ccc(C3CCN(CC4=CCc5ccccc54)C3)cc2[nH]1. The van der Waals surface area contributed by atoms with Crippen molar-refractivity contribution >= 4 is 16.6 Å². The highest BCUT2D eigenvalue weighted by molar-refractivity contribution is 5.75. The lowest BCUT2D eigenvalue weighted by atomic mass is 9.98. The molecule has 1 fully saturated rings. The zero-order valence-electron chi connectivity index (χ0n) is 14.1. The van der Waals surface area contributed by atoms with Crippen molar-refractivity contribution < 1.29 is 0 Å². The first-order valence-corrected chi connectivity index (χ1v) is 8.98. The van der Waals surface area contributed by atoms with Crippen LogP contribution in [0.25, 0.3) is 16.6 Å². The van der Waals surface area contributed by atoms with Crippen molar-refractivity contribution in [2.24, 2.45) is 0 Å². The average molecular weight is 331 g/mol. The first kappa shape index (κ1) is 14.7. The average Bonchev–Trinajstić information content (AvgIpc) is 3.33. The van der Waals surface area contributed by atoms with Crippen molar-refractivity contribution in [2.45, 2.75) is 18.8 Å². The number of imidazole rings is 1. The maximum absolute atomic E-state index is 11.4. The predicted molar refractivity (Wildman–Crippen MR) is 101 cm³/mol. The van der Waals surface area contributed by atoms with E-state index in [1.807, 2.05) is 6.07 Å². The Morgan fingerprint density at radius 1 is 1.08 bits per heavy atom. The number of hydrogen-bond acceptors (Lipinski definition) is 2. The van der Waals surface area contributed by atoms with E-state index in [1.165, 1.54) is 28.7 Å². The summed E-state index contributed by atoms with van der Waals surface area (Å²) in [5, 5.41) is 0. The summed E-state index contributed by atoms with van der Waals surface area (Å²) < 4.78 is 0. The van der Waals surface area contributed by atoms with Gasteiger partial charge in [0, 0.05) is 13.1 Å². The predicted octanol–water partition coefficient (Wildman–Crippen LogP) is 3.29. The molecule has 2 aliphatic rings. The van der Waals surface area contributed by atoms with Crippen LogP contribution in [-0.2, 0) is 6.42 Å². The van der Waals surface area contributed by atoms with Crippen LogP contribution in [-0.4, -0.2) is 34.5 Å². The number of hydrogen-bond donors (Lipinski definition) is 2. The van der Waals surface area contributed by atoms with Gasteiger partial charge in [-0.2, -0.15) is 0 Å². The highest BCUT2D eigenvalue weighted by Gasteiger charge is 2.26. The van der Waals surface area contributed by atoms with Crippen LogP contribution < -0.4 is 5.69 Å². The van der Waals surface area contributed by atoms with Gasteiger partial charge in [0.1, 0.15) is 0 Å². The van der Waals surface area contributed by atoms with Gasteiger partial charge in [-0.05, 0) is 59.7 Å². The lowest BCUT2D eigenvalue weighted by Crippen LogP contribution is -2.22.